The largest absolute Gasteiger partial charge is 0.325 e. The molecule has 0 saturated carbocycles. The van der Waals surface area contributed by atoms with Crippen LogP contribution in [0.2, 0.25) is 0 Å². The normalized spacial score (nSPS) is 30.6. The lowest BCUT2D eigenvalue weighted by Crippen LogP contribution is -2.60. The molecule has 0 aromatic heterocycles. The average molecular weight is 160 g/mol. The molecule has 0 aliphatic carbocycles. The van der Waals surface area contributed by atoms with Gasteiger partial charge >= 0.3 is 6.03 Å². The van der Waals surface area contributed by atoms with Gasteiger partial charge in [0.15, 0.2) is 0 Å². The van der Waals surface area contributed by atoms with Gasteiger partial charge < -0.3 is 10.1 Å². The van der Waals surface area contributed by atoms with Gasteiger partial charge in [0.25, 0.3) is 5.91 Å². The smallest absolute Gasteiger partial charge is 0.322 e. The van der Waals surface area contributed by atoms with E-state index in [1.807, 2.05) is 5.32 Å². The number of alkyl halides is 1. The number of aldehydes is 1. The predicted octanol–water partition coefficient (Wildman–Crippen LogP) is -1.27. The Kier molecular flexibility index (Phi) is 1.84. The SMILES string of the molecule is O=CC1NC(=O)NC(=O)C1F. The Labute approximate surface area is 60.9 Å². The van der Waals surface area contributed by atoms with Crippen molar-refractivity contribution in [3.63, 3.8) is 0 Å². The minimum Gasteiger partial charge on any atom is -0.325 e. The first-order chi connectivity index (χ1) is 5.15. The van der Waals surface area contributed by atoms with Crippen LogP contribution < -0.4 is 10.6 Å². The number of urea groups is 1. The highest BCUT2D eigenvalue weighted by atomic mass is 19.1. The highest BCUT2D eigenvalue weighted by Crippen LogP contribution is 2.01. The van der Waals surface area contributed by atoms with E-state index in [0.29, 0.717) is 0 Å². The number of rotatable bonds is 1. The van der Waals surface area contributed by atoms with E-state index in [9.17, 15) is 18.8 Å². The second kappa shape index (κ2) is 2.65. The predicted molar refractivity (Wildman–Crippen MR) is 31.4 cm³/mol. The summed E-state index contributed by atoms with van der Waals surface area (Å²) >= 11 is 0. The Morgan fingerprint density at radius 3 is 2.64 bits per heavy atom. The van der Waals surface area contributed by atoms with Gasteiger partial charge in [-0.25, -0.2) is 9.18 Å². The quantitative estimate of drug-likeness (QED) is 0.469. The van der Waals surface area contributed by atoms with Crippen LogP contribution in [0, 0.1) is 0 Å². The molecular weight excluding hydrogens is 155 g/mol. The fraction of sp³-hybridized carbons (Fsp3) is 0.400. The summed E-state index contributed by atoms with van der Waals surface area (Å²) in [7, 11) is 0. The van der Waals surface area contributed by atoms with Crippen LogP contribution >= 0.6 is 0 Å². The third kappa shape index (κ3) is 1.34. The maximum atomic E-state index is 12.6. The molecule has 3 amide bonds. The Bertz CT molecular complexity index is 218. The average Bonchev–Trinajstić information content (AvgIpc) is 1.96. The van der Waals surface area contributed by atoms with Crippen LogP contribution in [0.4, 0.5) is 9.18 Å². The molecule has 0 spiro atoms. The Balaban J connectivity index is 2.73. The van der Waals surface area contributed by atoms with Gasteiger partial charge in [0.2, 0.25) is 6.17 Å². The molecule has 0 aromatic rings. The molecule has 11 heavy (non-hydrogen) atoms. The van der Waals surface area contributed by atoms with Crippen molar-refractivity contribution < 1.29 is 18.8 Å². The summed E-state index contributed by atoms with van der Waals surface area (Å²) in [4.78, 5) is 30.9. The molecule has 1 aliphatic rings. The van der Waals surface area contributed by atoms with Crippen LogP contribution in [0.15, 0.2) is 0 Å². The Morgan fingerprint density at radius 1 is 1.45 bits per heavy atom. The molecule has 0 radical (unpaired) electrons. The van der Waals surface area contributed by atoms with Gasteiger partial charge in [0, 0.05) is 0 Å². The van der Waals surface area contributed by atoms with Crippen molar-refractivity contribution in [2.45, 2.75) is 12.2 Å². The minimum atomic E-state index is -1.98. The van der Waals surface area contributed by atoms with E-state index in [4.69, 9.17) is 0 Å². The highest BCUT2D eigenvalue weighted by molar-refractivity contribution is 6.02. The summed E-state index contributed by atoms with van der Waals surface area (Å²) in [6, 6.07) is -2.20. The van der Waals surface area contributed by atoms with E-state index in [-0.39, 0.29) is 6.29 Å². The second-order valence-corrected chi connectivity index (χ2v) is 2.03. The number of hydrogen-bond donors (Lipinski definition) is 2. The molecule has 2 atom stereocenters. The molecule has 6 heteroatoms. The summed E-state index contributed by atoms with van der Waals surface area (Å²) in [6.45, 7) is 0. The lowest BCUT2D eigenvalue weighted by molar-refractivity contribution is -0.129. The molecule has 1 fully saturated rings. The number of amides is 3. The lowest BCUT2D eigenvalue weighted by atomic mass is 10.1. The van der Waals surface area contributed by atoms with E-state index >= 15 is 0 Å². The standard InChI is InChI=1S/C5H5FN2O3/c6-3-2(1-9)7-5(11)8-4(3)10/h1-3H,(H2,7,8,10,11). The third-order valence-corrected chi connectivity index (χ3v) is 1.25. The van der Waals surface area contributed by atoms with Crippen molar-refractivity contribution >= 4 is 18.2 Å². The zero-order valence-electron chi connectivity index (χ0n) is 5.33. The van der Waals surface area contributed by atoms with E-state index in [0.717, 1.165) is 0 Å². The van der Waals surface area contributed by atoms with Crippen molar-refractivity contribution in [2.24, 2.45) is 0 Å². The van der Waals surface area contributed by atoms with Crippen molar-refractivity contribution in [3.8, 4) is 0 Å². The fourth-order valence-corrected chi connectivity index (χ4v) is 0.708. The maximum Gasteiger partial charge on any atom is 0.322 e. The number of nitrogens with one attached hydrogen (secondary N) is 2. The van der Waals surface area contributed by atoms with Crippen molar-refractivity contribution in [1.82, 2.24) is 10.6 Å². The van der Waals surface area contributed by atoms with Gasteiger partial charge in [-0.1, -0.05) is 0 Å². The number of carbonyl (C=O) groups excluding carboxylic acids is 3. The van der Waals surface area contributed by atoms with Gasteiger partial charge in [-0.05, 0) is 0 Å². The van der Waals surface area contributed by atoms with Gasteiger partial charge in [-0.3, -0.25) is 10.1 Å². The monoisotopic (exact) mass is 160 g/mol. The van der Waals surface area contributed by atoms with Crippen LogP contribution in [-0.4, -0.2) is 30.4 Å². The van der Waals surface area contributed by atoms with Gasteiger partial charge in [-0.2, -0.15) is 0 Å². The van der Waals surface area contributed by atoms with E-state index < -0.39 is 24.2 Å². The van der Waals surface area contributed by atoms with Crippen LogP contribution in [0.25, 0.3) is 0 Å². The van der Waals surface area contributed by atoms with E-state index in [2.05, 4.69) is 0 Å². The molecule has 0 bridgehead atoms. The first kappa shape index (κ1) is 7.64. The van der Waals surface area contributed by atoms with Crippen LogP contribution in [-0.2, 0) is 9.59 Å². The molecule has 1 rings (SSSR count). The molecule has 2 unspecified atom stereocenters. The first-order valence-corrected chi connectivity index (χ1v) is 2.86. The molecular formula is C5H5FN2O3. The summed E-state index contributed by atoms with van der Waals surface area (Å²) in [6.07, 6.45) is -1.80. The van der Waals surface area contributed by atoms with E-state index in [1.165, 1.54) is 0 Å². The van der Waals surface area contributed by atoms with Crippen LogP contribution in [0.5, 0.6) is 0 Å². The molecule has 1 saturated heterocycles. The van der Waals surface area contributed by atoms with Gasteiger partial charge in [0.1, 0.15) is 12.3 Å². The van der Waals surface area contributed by atoms with E-state index in [1.54, 1.807) is 5.32 Å². The number of imide groups is 1. The molecule has 1 heterocycles. The number of halogens is 1. The summed E-state index contributed by atoms with van der Waals surface area (Å²) in [5.74, 6) is -1.08. The lowest BCUT2D eigenvalue weighted by Gasteiger charge is -2.21. The van der Waals surface area contributed by atoms with Crippen molar-refractivity contribution in [2.75, 3.05) is 0 Å². The Hall–Kier alpha value is -1.46. The van der Waals surface area contributed by atoms with Crippen LogP contribution in [0.3, 0.4) is 0 Å². The molecule has 0 aromatic carbocycles. The summed E-state index contributed by atoms with van der Waals surface area (Å²) < 4.78 is 12.6. The molecule has 60 valence electrons. The summed E-state index contributed by atoms with van der Waals surface area (Å²) in [5, 5.41) is 3.60. The second-order valence-electron chi connectivity index (χ2n) is 2.03. The topological polar surface area (TPSA) is 75.3 Å². The highest BCUT2D eigenvalue weighted by Gasteiger charge is 2.34. The van der Waals surface area contributed by atoms with Crippen molar-refractivity contribution in [1.29, 1.82) is 0 Å². The maximum absolute atomic E-state index is 12.6. The molecule has 2 N–H and O–H groups in total. The molecule has 1 aliphatic heterocycles. The first-order valence-electron chi connectivity index (χ1n) is 2.86. The molecule has 5 nitrogen and oxygen atoms in total. The number of hydrogen-bond acceptors (Lipinski definition) is 3. The van der Waals surface area contributed by atoms with Crippen LogP contribution in [0.1, 0.15) is 0 Å². The van der Waals surface area contributed by atoms with Gasteiger partial charge in [-0.15, -0.1) is 0 Å². The minimum absolute atomic E-state index is 0.182. The number of carbonyl (C=O) groups is 3. The third-order valence-electron chi connectivity index (χ3n) is 1.25. The Morgan fingerprint density at radius 2 is 2.09 bits per heavy atom. The zero-order chi connectivity index (χ0) is 8.43. The van der Waals surface area contributed by atoms with Crippen molar-refractivity contribution in [3.05, 3.63) is 0 Å². The fourth-order valence-electron chi connectivity index (χ4n) is 0.708. The zero-order valence-corrected chi connectivity index (χ0v) is 5.33. The van der Waals surface area contributed by atoms with Gasteiger partial charge in [0.05, 0.1) is 0 Å². The summed E-state index contributed by atoms with van der Waals surface area (Å²) in [5.41, 5.74) is 0.